The highest BCUT2D eigenvalue weighted by Gasteiger charge is 2.17. The molecule has 0 atom stereocenters. The molecule has 0 radical (unpaired) electrons. The fraction of sp³-hybridized carbons (Fsp3) is 0.167. The molecule has 0 amide bonds. The minimum absolute atomic E-state index is 0.0346. The van der Waals surface area contributed by atoms with Gasteiger partial charge < -0.3 is 14.3 Å². The van der Waals surface area contributed by atoms with Gasteiger partial charge in [-0.05, 0) is 36.3 Å². The van der Waals surface area contributed by atoms with Gasteiger partial charge in [0, 0.05) is 12.0 Å². The molecule has 7 heteroatoms. The van der Waals surface area contributed by atoms with Gasteiger partial charge in [-0.25, -0.2) is 9.78 Å². The van der Waals surface area contributed by atoms with E-state index in [-0.39, 0.29) is 12.2 Å². The molecule has 0 unspecified atom stereocenters. The number of ether oxygens (including phenoxy) is 1. The SMILES string of the molecule is COC(=O)c1occc1/C=C(\CCC(=O)O)c1nc2ccccc2s1. The van der Waals surface area contributed by atoms with Crippen molar-refractivity contribution >= 4 is 45.1 Å². The lowest BCUT2D eigenvalue weighted by molar-refractivity contribution is -0.136. The molecule has 0 bridgehead atoms. The van der Waals surface area contributed by atoms with Crippen LogP contribution in [0.3, 0.4) is 0 Å². The van der Waals surface area contributed by atoms with Gasteiger partial charge in [-0.1, -0.05) is 12.1 Å². The van der Waals surface area contributed by atoms with Crippen LogP contribution in [0, 0.1) is 0 Å². The number of aromatic nitrogens is 1. The Kier molecular flexibility index (Phi) is 4.95. The summed E-state index contributed by atoms with van der Waals surface area (Å²) in [6, 6.07) is 9.33. The molecule has 25 heavy (non-hydrogen) atoms. The average Bonchev–Trinajstić information content (AvgIpc) is 3.23. The summed E-state index contributed by atoms with van der Waals surface area (Å²) in [4.78, 5) is 27.3. The van der Waals surface area contributed by atoms with Gasteiger partial charge in [0.1, 0.15) is 5.01 Å². The number of allylic oxidation sites excluding steroid dienone is 1. The molecular weight excluding hydrogens is 342 g/mol. The molecule has 0 spiro atoms. The second-order valence-corrected chi connectivity index (χ2v) is 6.28. The zero-order chi connectivity index (χ0) is 17.8. The Bertz CT molecular complexity index is 920. The van der Waals surface area contributed by atoms with Crippen molar-refractivity contribution in [3.8, 4) is 0 Å². The third-order valence-electron chi connectivity index (χ3n) is 3.57. The van der Waals surface area contributed by atoms with Crippen molar-refractivity contribution in [2.24, 2.45) is 0 Å². The van der Waals surface area contributed by atoms with E-state index < -0.39 is 11.9 Å². The molecule has 0 aliphatic heterocycles. The fourth-order valence-corrected chi connectivity index (χ4v) is 3.38. The number of para-hydroxylation sites is 1. The number of aliphatic carboxylic acids is 1. The van der Waals surface area contributed by atoms with Crippen LogP contribution in [0.1, 0.15) is 34.0 Å². The highest BCUT2D eigenvalue weighted by molar-refractivity contribution is 7.19. The Morgan fingerprint density at radius 3 is 2.80 bits per heavy atom. The Balaban J connectivity index is 2.04. The molecule has 1 N–H and O–H groups in total. The quantitative estimate of drug-likeness (QED) is 0.669. The highest BCUT2D eigenvalue weighted by atomic mass is 32.1. The molecule has 2 heterocycles. The van der Waals surface area contributed by atoms with E-state index in [9.17, 15) is 9.59 Å². The summed E-state index contributed by atoms with van der Waals surface area (Å²) in [5.41, 5.74) is 2.12. The Morgan fingerprint density at radius 2 is 2.08 bits per heavy atom. The summed E-state index contributed by atoms with van der Waals surface area (Å²) in [7, 11) is 1.28. The van der Waals surface area contributed by atoms with Crippen molar-refractivity contribution < 1.29 is 23.8 Å². The summed E-state index contributed by atoms with van der Waals surface area (Å²) < 4.78 is 10.9. The Hall–Kier alpha value is -2.93. The van der Waals surface area contributed by atoms with Gasteiger partial charge >= 0.3 is 11.9 Å². The lowest BCUT2D eigenvalue weighted by Gasteiger charge is -2.03. The number of carbonyl (C=O) groups excluding carboxylic acids is 1. The maximum atomic E-state index is 11.8. The third kappa shape index (κ3) is 3.77. The number of carboxylic acids is 1. The van der Waals surface area contributed by atoms with Crippen LogP contribution in [-0.4, -0.2) is 29.1 Å². The maximum absolute atomic E-state index is 11.8. The number of methoxy groups -OCH3 is 1. The molecule has 0 aliphatic carbocycles. The number of carbonyl (C=O) groups is 2. The number of hydrogen-bond donors (Lipinski definition) is 1. The summed E-state index contributed by atoms with van der Waals surface area (Å²) in [5.74, 6) is -1.40. The van der Waals surface area contributed by atoms with Gasteiger partial charge in [0.05, 0.1) is 23.6 Å². The van der Waals surface area contributed by atoms with Crippen LogP contribution in [0.5, 0.6) is 0 Å². The third-order valence-corrected chi connectivity index (χ3v) is 4.68. The van der Waals surface area contributed by atoms with Gasteiger partial charge in [-0.3, -0.25) is 4.79 Å². The molecule has 3 aromatic rings. The molecule has 0 saturated carbocycles. The van der Waals surface area contributed by atoms with E-state index in [1.54, 1.807) is 12.1 Å². The van der Waals surface area contributed by atoms with Crippen LogP contribution in [0.25, 0.3) is 21.9 Å². The number of hydrogen-bond acceptors (Lipinski definition) is 6. The minimum atomic E-state index is -0.896. The summed E-state index contributed by atoms with van der Waals surface area (Å²) in [6.45, 7) is 0. The van der Waals surface area contributed by atoms with Crippen molar-refractivity contribution in [1.82, 2.24) is 4.98 Å². The summed E-state index contributed by atoms with van der Waals surface area (Å²) in [5, 5.41) is 9.74. The molecular formula is C18H15NO5S. The van der Waals surface area contributed by atoms with E-state index >= 15 is 0 Å². The summed E-state index contributed by atoms with van der Waals surface area (Å²) >= 11 is 1.48. The van der Waals surface area contributed by atoms with Crippen molar-refractivity contribution in [3.63, 3.8) is 0 Å². The number of rotatable bonds is 6. The number of nitrogens with zero attached hydrogens (tertiary/aromatic N) is 1. The molecule has 128 valence electrons. The Morgan fingerprint density at radius 1 is 1.28 bits per heavy atom. The van der Waals surface area contributed by atoms with E-state index in [0.29, 0.717) is 12.0 Å². The van der Waals surface area contributed by atoms with Crippen LogP contribution in [0.15, 0.2) is 41.0 Å². The largest absolute Gasteiger partial charge is 0.481 e. The van der Waals surface area contributed by atoms with Crippen molar-refractivity contribution in [2.75, 3.05) is 7.11 Å². The second-order valence-electron chi connectivity index (χ2n) is 5.25. The first-order valence-corrected chi connectivity index (χ1v) is 8.34. The zero-order valence-corrected chi connectivity index (χ0v) is 14.2. The van der Waals surface area contributed by atoms with Crippen molar-refractivity contribution in [3.05, 3.63) is 52.9 Å². The fourth-order valence-electron chi connectivity index (χ4n) is 2.37. The first kappa shape index (κ1) is 16.9. The van der Waals surface area contributed by atoms with Gasteiger partial charge in [0.15, 0.2) is 0 Å². The predicted octanol–water partition coefficient (Wildman–Crippen LogP) is 4.08. The first-order chi connectivity index (χ1) is 12.1. The number of thiazole rings is 1. The second kappa shape index (κ2) is 7.31. The Labute approximate surface area is 147 Å². The zero-order valence-electron chi connectivity index (χ0n) is 13.4. The van der Waals surface area contributed by atoms with Crippen LogP contribution in [0.2, 0.25) is 0 Å². The number of esters is 1. The standard InChI is InChI=1S/C18H15NO5S/c1-23-18(22)16-11(8-9-24-16)10-12(6-7-15(20)21)17-19-13-4-2-3-5-14(13)25-17/h2-5,8-10H,6-7H2,1H3,(H,20,21)/b12-10+. The maximum Gasteiger partial charge on any atom is 0.374 e. The summed E-state index contributed by atoms with van der Waals surface area (Å²) in [6.07, 6.45) is 3.38. The molecule has 0 saturated heterocycles. The van der Waals surface area contributed by atoms with E-state index in [4.69, 9.17) is 14.3 Å². The average molecular weight is 357 g/mol. The van der Waals surface area contributed by atoms with E-state index in [0.717, 1.165) is 20.8 Å². The molecule has 6 nitrogen and oxygen atoms in total. The monoisotopic (exact) mass is 357 g/mol. The number of benzene rings is 1. The number of furan rings is 1. The van der Waals surface area contributed by atoms with E-state index in [1.807, 2.05) is 24.3 Å². The van der Waals surface area contributed by atoms with Crippen LogP contribution < -0.4 is 0 Å². The topological polar surface area (TPSA) is 89.6 Å². The molecule has 1 aromatic carbocycles. The molecule has 2 aromatic heterocycles. The van der Waals surface area contributed by atoms with Crippen molar-refractivity contribution in [2.45, 2.75) is 12.8 Å². The highest BCUT2D eigenvalue weighted by Crippen LogP contribution is 2.31. The van der Waals surface area contributed by atoms with Crippen LogP contribution in [-0.2, 0) is 9.53 Å². The van der Waals surface area contributed by atoms with Crippen LogP contribution >= 0.6 is 11.3 Å². The first-order valence-electron chi connectivity index (χ1n) is 7.52. The van der Waals surface area contributed by atoms with Crippen LogP contribution in [0.4, 0.5) is 0 Å². The van der Waals surface area contributed by atoms with Gasteiger partial charge in [0.2, 0.25) is 5.76 Å². The van der Waals surface area contributed by atoms with E-state index in [2.05, 4.69) is 4.98 Å². The van der Waals surface area contributed by atoms with E-state index in [1.165, 1.54) is 24.7 Å². The van der Waals surface area contributed by atoms with Gasteiger partial charge in [-0.2, -0.15) is 0 Å². The lowest BCUT2D eigenvalue weighted by Crippen LogP contribution is -2.01. The molecule has 0 fully saturated rings. The number of fused-ring (bicyclic) bond motifs is 1. The lowest BCUT2D eigenvalue weighted by atomic mass is 10.1. The van der Waals surface area contributed by atoms with Gasteiger partial charge in [-0.15, -0.1) is 11.3 Å². The predicted molar refractivity (Wildman–Crippen MR) is 94.4 cm³/mol. The van der Waals surface area contributed by atoms with Gasteiger partial charge in [0.25, 0.3) is 0 Å². The van der Waals surface area contributed by atoms with Crippen molar-refractivity contribution in [1.29, 1.82) is 0 Å². The minimum Gasteiger partial charge on any atom is -0.481 e. The molecule has 3 rings (SSSR count). The normalized spacial score (nSPS) is 11.6. The molecule has 0 aliphatic rings. The smallest absolute Gasteiger partial charge is 0.374 e. The number of carboxylic acid groups (broad SMARTS) is 1.